The maximum atomic E-state index is 12.9. The molecule has 0 spiro atoms. The molecule has 0 N–H and O–H groups in total. The molecule has 454 valence electrons. The number of quaternary nitrogens is 1. The predicted molar refractivity (Wildman–Crippen MR) is 342 cm³/mol. The van der Waals surface area contributed by atoms with Crippen LogP contribution in [0.25, 0.3) is 0 Å². The number of carbonyl (C=O) groups is 3. The molecule has 0 aromatic heterocycles. The number of hydrogen-bond acceptors (Lipinski definition) is 8. The summed E-state index contributed by atoms with van der Waals surface area (Å²) >= 11 is 0. The average Bonchev–Trinajstić information content (AvgIpc) is 3.44. The number of rotatable bonds is 55. The number of hydrogen-bond donors (Lipinski definition) is 0. The number of carbonyl (C=O) groups excluding carboxylic acids is 3. The predicted octanol–water partition coefficient (Wildman–Crippen LogP) is 17.8. The van der Waals surface area contributed by atoms with Crippen LogP contribution in [0.4, 0.5) is 0 Å². The van der Waals surface area contributed by atoms with E-state index in [1.165, 1.54) is 38.5 Å². The number of allylic oxidation sites excluding steroid dienone is 28. The highest BCUT2D eigenvalue weighted by molar-refractivity contribution is 5.70. The van der Waals surface area contributed by atoms with Crippen molar-refractivity contribution in [2.75, 3.05) is 47.5 Å². The lowest BCUT2D eigenvalue weighted by Crippen LogP contribution is -2.44. The highest BCUT2D eigenvalue weighted by atomic mass is 16.7. The first-order chi connectivity index (χ1) is 39.6. The average molecular weight is 1120 g/mol. The summed E-state index contributed by atoms with van der Waals surface area (Å²) in [7, 11) is 5.89. The number of ether oxygens (including phenoxy) is 4. The van der Waals surface area contributed by atoms with Gasteiger partial charge in [0, 0.05) is 12.8 Å². The summed E-state index contributed by atoms with van der Waals surface area (Å²) in [5, 5.41) is 11.8. The van der Waals surface area contributed by atoms with Crippen LogP contribution in [0, 0.1) is 0 Å². The quantitative estimate of drug-likeness (QED) is 0.0195. The molecular weight excluding hydrogens is 1010 g/mol. The molecule has 0 aromatic carbocycles. The summed E-state index contributed by atoms with van der Waals surface area (Å²) in [5.74, 6) is -2.37. The first-order valence-electron chi connectivity index (χ1n) is 31.3. The van der Waals surface area contributed by atoms with Crippen LogP contribution < -0.4 is 5.11 Å². The fourth-order valence-electron chi connectivity index (χ4n) is 7.73. The van der Waals surface area contributed by atoms with Gasteiger partial charge in [-0.05, 0) is 128 Å². The standard InChI is InChI=1S/C72H113NO8/c1-6-8-10-12-14-16-18-20-22-24-26-28-30-32-34-35-37-38-40-42-44-46-48-50-52-54-56-58-60-62-69(74)79-66-68(67-80-72(71(76)77)78-65-64-73(3,4)5)81-70(75)63-61-59-57-55-53-51-49-47-45-43-41-39-36-33-31-29-27-25-23-21-19-17-15-13-11-9-7-2/h8-11,14-17,20-23,26-29,32-34,36-38,41,43,47,49,53,55,68,72H,6-7,12-13,18-19,24-25,30-31,35,39-40,42,44-46,48,50-52,54,56-67H2,1-5H3/b10-8-,11-9-,16-14-,17-15-,22-20-,23-21-,28-26-,29-27-,34-32-,36-33-,38-37-,43-41-,49-47-,55-53-. The highest BCUT2D eigenvalue weighted by Crippen LogP contribution is 2.14. The Kier molecular flexibility index (Phi) is 56.7. The second-order valence-electron chi connectivity index (χ2n) is 21.2. The number of carboxylic acids is 1. The molecule has 2 atom stereocenters. The van der Waals surface area contributed by atoms with Crippen molar-refractivity contribution in [3.63, 3.8) is 0 Å². The minimum atomic E-state index is -1.65. The second kappa shape index (κ2) is 60.7. The first-order valence-corrected chi connectivity index (χ1v) is 31.3. The van der Waals surface area contributed by atoms with Gasteiger partial charge in [-0.3, -0.25) is 9.59 Å². The highest BCUT2D eigenvalue weighted by Gasteiger charge is 2.22. The lowest BCUT2D eigenvalue weighted by Gasteiger charge is -2.26. The third-order valence-electron chi connectivity index (χ3n) is 12.5. The molecule has 0 saturated carbocycles. The van der Waals surface area contributed by atoms with Gasteiger partial charge in [0.15, 0.2) is 12.4 Å². The van der Waals surface area contributed by atoms with Gasteiger partial charge in [0.2, 0.25) is 0 Å². The Labute approximate surface area is 495 Å². The van der Waals surface area contributed by atoms with Crippen LogP contribution in [0.3, 0.4) is 0 Å². The van der Waals surface area contributed by atoms with Crippen molar-refractivity contribution < 1.29 is 42.9 Å². The van der Waals surface area contributed by atoms with E-state index in [2.05, 4.69) is 184 Å². The molecule has 0 saturated heterocycles. The number of likely N-dealkylation sites (N-methyl/N-ethyl adjacent to an activating group) is 1. The molecule has 0 aliphatic carbocycles. The van der Waals surface area contributed by atoms with E-state index in [9.17, 15) is 19.5 Å². The van der Waals surface area contributed by atoms with Gasteiger partial charge in [0.1, 0.15) is 13.2 Å². The van der Waals surface area contributed by atoms with E-state index in [1.54, 1.807) is 0 Å². The SMILES string of the molecule is CC/C=C\C/C=C\C/C=C\C/C=C\C/C=C\C/C=C\C/C=C\C/C=C\CCCCC(=O)OC(COC(=O)CCCCCCCCCCCC/C=C\C/C=C\C/C=C\C/C=C\C/C=C\C/C=C\CC)COC(OCC[N+](C)(C)C)C(=O)[O-]. The Bertz CT molecular complexity index is 1930. The number of unbranched alkanes of at least 4 members (excludes halogenated alkanes) is 12. The third kappa shape index (κ3) is 62.1. The van der Waals surface area contributed by atoms with Crippen LogP contribution in [-0.2, 0) is 33.3 Å². The normalized spacial score (nSPS) is 13.9. The molecular formula is C72H113NO8. The van der Waals surface area contributed by atoms with Gasteiger partial charge in [-0.15, -0.1) is 0 Å². The van der Waals surface area contributed by atoms with Crippen molar-refractivity contribution in [2.45, 2.75) is 219 Å². The van der Waals surface area contributed by atoms with Crippen LogP contribution >= 0.6 is 0 Å². The Morgan fingerprint density at radius 1 is 0.370 bits per heavy atom. The van der Waals surface area contributed by atoms with Gasteiger partial charge in [-0.2, -0.15) is 0 Å². The van der Waals surface area contributed by atoms with E-state index in [0.29, 0.717) is 17.4 Å². The maximum Gasteiger partial charge on any atom is 0.306 e. The minimum Gasteiger partial charge on any atom is -0.545 e. The van der Waals surface area contributed by atoms with Gasteiger partial charge in [-0.25, -0.2) is 0 Å². The Hall–Kier alpha value is -5.35. The molecule has 2 unspecified atom stereocenters. The van der Waals surface area contributed by atoms with Gasteiger partial charge < -0.3 is 33.3 Å². The Morgan fingerprint density at radius 3 is 1.01 bits per heavy atom. The van der Waals surface area contributed by atoms with Crippen molar-refractivity contribution in [3.05, 3.63) is 170 Å². The van der Waals surface area contributed by atoms with Crippen LogP contribution in [0.1, 0.15) is 206 Å². The van der Waals surface area contributed by atoms with Crippen molar-refractivity contribution in [3.8, 4) is 0 Å². The largest absolute Gasteiger partial charge is 0.545 e. The summed E-state index contributed by atoms with van der Waals surface area (Å²) in [6.07, 6.45) is 88.4. The maximum absolute atomic E-state index is 12.9. The molecule has 0 aliphatic heterocycles. The number of esters is 2. The number of nitrogens with zero attached hydrogens (tertiary/aromatic N) is 1. The molecule has 81 heavy (non-hydrogen) atoms. The minimum absolute atomic E-state index is 0.128. The van der Waals surface area contributed by atoms with Crippen LogP contribution in [0.15, 0.2) is 170 Å². The zero-order valence-corrected chi connectivity index (χ0v) is 51.6. The topological polar surface area (TPSA) is 111 Å². The lowest BCUT2D eigenvalue weighted by molar-refractivity contribution is -0.870. The smallest absolute Gasteiger partial charge is 0.306 e. The monoisotopic (exact) mass is 1120 g/mol. The van der Waals surface area contributed by atoms with Crippen LogP contribution in [0.2, 0.25) is 0 Å². The van der Waals surface area contributed by atoms with E-state index >= 15 is 0 Å². The summed E-state index contributed by atoms with van der Waals surface area (Å²) in [4.78, 5) is 37.4. The van der Waals surface area contributed by atoms with Crippen LogP contribution in [-0.4, -0.2) is 82.3 Å². The molecule has 0 aliphatic rings. The molecule has 0 bridgehead atoms. The van der Waals surface area contributed by atoms with Crippen molar-refractivity contribution in [1.82, 2.24) is 0 Å². The Balaban J connectivity index is 4.35. The number of aliphatic carboxylic acids is 1. The Morgan fingerprint density at radius 2 is 0.667 bits per heavy atom. The summed E-state index contributed by atoms with van der Waals surface area (Å²) in [6.45, 7) is 4.43. The molecule has 0 amide bonds. The summed E-state index contributed by atoms with van der Waals surface area (Å²) in [5.41, 5.74) is 0. The van der Waals surface area contributed by atoms with E-state index < -0.39 is 24.3 Å². The molecule has 0 fully saturated rings. The van der Waals surface area contributed by atoms with E-state index in [4.69, 9.17) is 18.9 Å². The molecule has 0 rings (SSSR count). The lowest BCUT2D eigenvalue weighted by atomic mass is 10.1. The second-order valence-corrected chi connectivity index (χ2v) is 21.2. The molecule has 0 radical (unpaired) electrons. The fraction of sp³-hybridized carbons (Fsp3) is 0.569. The zero-order valence-electron chi connectivity index (χ0n) is 51.6. The molecule has 9 heteroatoms. The van der Waals surface area contributed by atoms with Crippen molar-refractivity contribution >= 4 is 17.9 Å². The van der Waals surface area contributed by atoms with Gasteiger partial charge in [0.25, 0.3) is 0 Å². The fourth-order valence-corrected chi connectivity index (χ4v) is 7.73. The van der Waals surface area contributed by atoms with E-state index in [1.807, 2.05) is 21.1 Å². The summed E-state index contributed by atoms with van der Waals surface area (Å²) in [6, 6.07) is 0. The van der Waals surface area contributed by atoms with E-state index in [-0.39, 0.29) is 38.6 Å². The van der Waals surface area contributed by atoms with Crippen LogP contribution in [0.5, 0.6) is 0 Å². The summed E-state index contributed by atoms with van der Waals surface area (Å²) < 4.78 is 22.7. The first kappa shape index (κ1) is 75.7. The van der Waals surface area contributed by atoms with Crippen molar-refractivity contribution in [1.29, 1.82) is 0 Å². The molecule has 0 aromatic rings. The molecule has 0 heterocycles. The van der Waals surface area contributed by atoms with Gasteiger partial charge >= 0.3 is 11.9 Å². The zero-order chi connectivity index (χ0) is 59.1. The van der Waals surface area contributed by atoms with Gasteiger partial charge in [0.05, 0.1) is 40.3 Å². The van der Waals surface area contributed by atoms with Crippen molar-refractivity contribution in [2.24, 2.45) is 0 Å². The molecule has 9 nitrogen and oxygen atoms in total. The van der Waals surface area contributed by atoms with E-state index in [0.717, 1.165) is 135 Å². The third-order valence-corrected chi connectivity index (χ3v) is 12.5. The van der Waals surface area contributed by atoms with Gasteiger partial charge in [-0.1, -0.05) is 235 Å². The number of carboxylic acid groups (broad SMARTS) is 1.